The van der Waals surface area contributed by atoms with Crippen LogP contribution in [0.4, 0.5) is 4.79 Å². The van der Waals surface area contributed by atoms with Gasteiger partial charge in [-0.25, -0.2) is 14.4 Å². The van der Waals surface area contributed by atoms with Gasteiger partial charge in [-0.05, 0) is 44.0 Å². The first-order valence-corrected chi connectivity index (χ1v) is 9.25. The third-order valence-electron chi connectivity index (χ3n) is 4.01. The Hall–Kier alpha value is -2.74. The molecule has 0 aliphatic carbocycles. The van der Waals surface area contributed by atoms with E-state index in [4.69, 9.17) is 25.8 Å². The number of hydrogen-bond donors (Lipinski definition) is 2. The topological polar surface area (TPSA) is 103 Å². The molecule has 2 N–H and O–H groups in total. The molecule has 1 aromatic carbocycles. The molecule has 0 bridgehead atoms. The summed E-state index contributed by atoms with van der Waals surface area (Å²) in [6.45, 7) is 4.89. The fourth-order valence-electron chi connectivity index (χ4n) is 2.68. The summed E-state index contributed by atoms with van der Waals surface area (Å²) in [4.78, 5) is 36.1. The summed E-state index contributed by atoms with van der Waals surface area (Å²) in [5.41, 5.74) is 1.22. The Morgan fingerprint density at radius 3 is 2.61 bits per heavy atom. The van der Waals surface area contributed by atoms with Gasteiger partial charge in [0, 0.05) is 5.02 Å². The Morgan fingerprint density at radius 1 is 1.21 bits per heavy atom. The molecule has 0 saturated carbocycles. The second kappa shape index (κ2) is 9.98. The number of aryl methyl sites for hydroxylation is 1. The second-order valence-electron chi connectivity index (χ2n) is 6.03. The second-order valence-corrected chi connectivity index (χ2v) is 6.47. The summed E-state index contributed by atoms with van der Waals surface area (Å²) in [6, 6.07) is 4.04. The summed E-state index contributed by atoms with van der Waals surface area (Å²) in [6.07, 6.45) is 0.484. The van der Waals surface area contributed by atoms with Crippen molar-refractivity contribution in [1.29, 1.82) is 0 Å². The first-order chi connectivity index (χ1) is 13.3. The third kappa shape index (κ3) is 5.63. The number of ether oxygens (including phenoxy) is 3. The lowest BCUT2D eigenvalue weighted by molar-refractivity contribution is -0.145. The number of carbonyl (C=O) groups is 3. The van der Waals surface area contributed by atoms with E-state index in [0.717, 1.165) is 5.56 Å². The lowest BCUT2D eigenvalue weighted by Crippen LogP contribution is -2.51. The highest BCUT2D eigenvalue weighted by Gasteiger charge is 2.32. The molecule has 1 aliphatic rings. The number of rotatable bonds is 8. The molecule has 8 nitrogen and oxygen atoms in total. The standard InChI is InChI=1S/C19H23ClN2O6/c1-4-13-17(18(24)26-5-2)14(22-19(25)21-13)9-28-16(23)10-27-15-7-6-12(20)8-11(15)3/h6-8,13H,4-5,9-10H2,1-3H3,(H2,21,22,25)/t13-/m0/s1. The lowest BCUT2D eigenvalue weighted by Gasteiger charge is -2.28. The number of esters is 2. The fraction of sp³-hybridized carbons (Fsp3) is 0.421. The molecule has 2 rings (SSSR count). The number of carbonyl (C=O) groups excluding carboxylic acids is 3. The molecule has 1 heterocycles. The van der Waals surface area contributed by atoms with E-state index in [1.807, 2.05) is 6.92 Å². The van der Waals surface area contributed by atoms with Crippen molar-refractivity contribution in [1.82, 2.24) is 10.6 Å². The first kappa shape index (κ1) is 21.6. The van der Waals surface area contributed by atoms with Crippen molar-refractivity contribution in [3.05, 3.63) is 40.1 Å². The van der Waals surface area contributed by atoms with Crippen molar-refractivity contribution in [2.24, 2.45) is 0 Å². The van der Waals surface area contributed by atoms with Crippen molar-refractivity contribution in [3.8, 4) is 5.75 Å². The molecule has 28 heavy (non-hydrogen) atoms. The maximum absolute atomic E-state index is 12.3. The number of benzene rings is 1. The normalized spacial score (nSPS) is 16.1. The molecule has 0 saturated heterocycles. The van der Waals surface area contributed by atoms with Gasteiger partial charge in [-0.15, -0.1) is 0 Å². The molecule has 0 spiro atoms. The Balaban J connectivity index is 2.03. The Kier molecular flexibility index (Phi) is 7.69. The van der Waals surface area contributed by atoms with Crippen LogP contribution in [0.15, 0.2) is 29.5 Å². The minimum Gasteiger partial charge on any atom is -0.482 e. The minimum atomic E-state index is -0.647. The lowest BCUT2D eigenvalue weighted by atomic mass is 10.0. The van der Waals surface area contributed by atoms with Crippen LogP contribution in [-0.2, 0) is 19.1 Å². The largest absolute Gasteiger partial charge is 0.482 e. The van der Waals surface area contributed by atoms with Crippen molar-refractivity contribution in [3.63, 3.8) is 0 Å². The first-order valence-electron chi connectivity index (χ1n) is 8.87. The molecule has 1 aromatic rings. The van der Waals surface area contributed by atoms with Gasteiger partial charge >= 0.3 is 18.0 Å². The van der Waals surface area contributed by atoms with Crippen LogP contribution in [0.5, 0.6) is 5.75 Å². The average Bonchev–Trinajstić information content (AvgIpc) is 2.65. The molecular weight excluding hydrogens is 388 g/mol. The van der Waals surface area contributed by atoms with E-state index in [2.05, 4.69) is 10.6 Å². The molecule has 0 unspecified atom stereocenters. The van der Waals surface area contributed by atoms with Crippen LogP contribution >= 0.6 is 11.6 Å². The van der Waals surface area contributed by atoms with Gasteiger partial charge < -0.3 is 24.8 Å². The van der Waals surface area contributed by atoms with Crippen molar-refractivity contribution >= 4 is 29.6 Å². The Labute approximate surface area is 168 Å². The Bertz CT molecular complexity index is 793. The Morgan fingerprint density at radius 2 is 1.96 bits per heavy atom. The molecule has 0 fully saturated rings. The highest BCUT2D eigenvalue weighted by atomic mass is 35.5. The molecule has 0 radical (unpaired) electrons. The van der Waals surface area contributed by atoms with Gasteiger partial charge in [0.25, 0.3) is 0 Å². The third-order valence-corrected chi connectivity index (χ3v) is 4.24. The highest BCUT2D eigenvalue weighted by Crippen LogP contribution is 2.22. The molecule has 1 atom stereocenters. The number of urea groups is 1. The number of amides is 2. The summed E-state index contributed by atoms with van der Waals surface area (Å²) >= 11 is 5.88. The van der Waals surface area contributed by atoms with Gasteiger partial charge in [0.2, 0.25) is 0 Å². The average molecular weight is 411 g/mol. The number of nitrogens with one attached hydrogen (secondary N) is 2. The zero-order valence-corrected chi connectivity index (χ0v) is 16.7. The van der Waals surface area contributed by atoms with Crippen LogP contribution < -0.4 is 15.4 Å². The van der Waals surface area contributed by atoms with E-state index in [-0.39, 0.29) is 31.1 Å². The van der Waals surface area contributed by atoms with Crippen LogP contribution in [0.3, 0.4) is 0 Å². The molecule has 1 aliphatic heterocycles. The van der Waals surface area contributed by atoms with E-state index in [9.17, 15) is 14.4 Å². The van der Waals surface area contributed by atoms with Crippen molar-refractivity contribution in [2.75, 3.05) is 19.8 Å². The van der Waals surface area contributed by atoms with Gasteiger partial charge in [-0.2, -0.15) is 0 Å². The fourth-order valence-corrected chi connectivity index (χ4v) is 2.91. The summed E-state index contributed by atoms with van der Waals surface area (Å²) in [7, 11) is 0. The monoisotopic (exact) mass is 410 g/mol. The van der Waals surface area contributed by atoms with Gasteiger partial charge in [0.05, 0.1) is 23.9 Å². The van der Waals surface area contributed by atoms with Crippen molar-refractivity contribution in [2.45, 2.75) is 33.2 Å². The summed E-state index contributed by atoms with van der Waals surface area (Å²) < 4.78 is 15.6. The molecular formula is C19H23ClN2O6. The van der Waals surface area contributed by atoms with E-state index in [1.165, 1.54) is 0 Å². The highest BCUT2D eigenvalue weighted by molar-refractivity contribution is 6.30. The van der Waals surface area contributed by atoms with Crippen LogP contribution in [0.2, 0.25) is 5.02 Å². The van der Waals surface area contributed by atoms with Crippen LogP contribution in [-0.4, -0.2) is 43.8 Å². The SMILES string of the molecule is CCOC(=O)C1=C(COC(=O)COc2ccc(Cl)cc2C)NC(=O)N[C@H]1CC. The molecule has 152 valence electrons. The van der Waals surface area contributed by atoms with Crippen LogP contribution in [0, 0.1) is 6.92 Å². The molecule has 2 amide bonds. The minimum absolute atomic E-state index is 0.189. The number of halogens is 1. The maximum atomic E-state index is 12.3. The van der Waals surface area contributed by atoms with Crippen molar-refractivity contribution < 1.29 is 28.6 Å². The van der Waals surface area contributed by atoms with Gasteiger partial charge in [0.1, 0.15) is 12.4 Å². The van der Waals surface area contributed by atoms with E-state index in [0.29, 0.717) is 17.2 Å². The maximum Gasteiger partial charge on any atom is 0.344 e. The summed E-state index contributed by atoms with van der Waals surface area (Å²) in [5, 5.41) is 5.72. The molecule has 0 aromatic heterocycles. The van der Waals surface area contributed by atoms with Gasteiger partial charge in [-0.3, -0.25) is 0 Å². The van der Waals surface area contributed by atoms with E-state index < -0.39 is 24.0 Å². The van der Waals surface area contributed by atoms with E-state index >= 15 is 0 Å². The quantitative estimate of drug-likeness (QED) is 0.638. The number of hydrogen-bond acceptors (Lipinski definition) is 6. The molecule has 9 heteroatoms. The van der Waals surface area contributed by atoms with Gasteiger partial charge in [0.15, 0.2) is 6.61 Å². The smallest absolute Gasteiger partial charge is 0.344 e. The zero-order chi connectivity index (χ0) is 20.7. The summed E-state index contributed by atoms with van der Waals surface area (Å²) in [5.74, 6) is -0.708. The van der Waals surface area contributed by atoms with Gasteiger partial charge in [-0.1, -0.05) is 18.5 Å². The predicted octanol–water partition coefficient (Wildman–Crippen LogP) is 2.48. The van der Waals surface area contributed by atoms with Crippen LogP contribution in [0.1, 0.15) is 25.8 Å². The van der Waals surface area contributed by atoms with Crippen LogP contribution in [0.25, 0.3) is 0 Å². The predicted molar refractivity (Wildman–Crippen MR) is 102 cm³/mol. The van der Waals surface area contributed by atoms with E-state index in [1.54, 1.807) is 32.0 Å². The zero-order valence-electron chi connectivity index (χ0n) is 16.0.